The molecule has 1 spiro atoms. The second kappa shape index (κ2) is 8.11. The molecule has 0 bridgehead atoms. The van der Waals surface area contributed by atoms with Crippen molar-refractivity contribution in [3.63, 3.8) is 0 Å². The van der Waals surface area contributed by atoms with E-state index >= 15 is 0 Å². The monoisotopic (exact) mass is 525 g/mol. The fraction of sp³-hybridized carbons (Fsp3) is 0.0263. The van der Waals surface area contributed by atoms with Crippen LogP contribution in [0, 0.1) is 0 Å². The molecule has 0 aliphatic heterocycles. The predicted octanol–water partition coefficient (Wildman–Crippen LogP) is 9.97. The zero-order valence-electron chi connectivity index (χ0n) is 21.6. The summed E-state index contributed by atoms with van der Waals surface area (Å²) in [7, 11) is 0. The van der Waals surface area contributed by atoms with Crippen LogP contribution in [0.3, 0.4) is 0 Å². The van der Waals surface area contributed by atoms with Crippen molar-refractivity contribution < 1.29 is 0 Å². The number of benzene rings is 5. The Hall–Kier alpha value is -4.79. The molecule has 7 aromatic rings. The third kappa shape index (κ3) is 2.79. The van der Waals surface area contributed by atoms with E-state index in [4.69, 9.17) is 0 Å². The van der Waals surface area contributed by atoms with E-state index in [2.05, 4.69) is 126 Å². The first kappa shape index (κ1) is 22.1. The SMILES string of the molecule is c1ccc(-c2ccc(-c3ccc4c(c3)C3(c5ccccc5-c5ccccc53)c3sc5ccccc5c3-4)cc2)nc1. The van der Waals surface area contributed by atoms with Crippen molar-refractivity contribution in [3.05, 3.63) is 161 Å². The Kier molecular flexibility index (Phi) is 4.47. The van der Waals surface area contributed by atoms with Gasteiger partial charge in [0.15, 0.2) is 0 Å². The first-order chi connectivity index (χ1) is 19.8. The van der Waals surface area contributed by atoms with E-state index in [-0.39, 0.29) is 5.41 Å². The molecule has 186 valence electrons. The van der Waals surface area contributed by atoms with Crippen LogP contribution >= 0.6 is 11.3 Å². The van der Waals surface area contributed by atoms with Crippen molar-refractivity contribution in [2.24, 2.45) is 0 Å². The largest absolute Gasteiger partial charge is 0.256 e. The number of nitrogens with zero attached hydrogens (tertiary/aromatic N) is 1. The number of pyridine rings is 1. The van der Waals surface area contributed by atoms with Crippen molar-refractivity contribution in [2.75, 3.05) is 0 Å². The van der Waals surface area contributed by atoms with Crippen molar-refractivity contribution >= 4 is 21.4 Å². The minimum absolute atomic E-state index is 0.314. The fourth-order valence-electron chi connectivity index (χ4n) is 7.09. The van der Waals surface area contributed by atoms with Crippen molar-refractivity contribution in [2.45, 2.75) is 5.41 Å². The third-order valence-electron chi connectivity index (χ3n) is 8.76. The van der Waals surface area contributed by atoms with Gasteiger partial charge < -0.3 is 0 Å². The molecule has 0 N–H and O–H groups in total. The maximum atomic E-state index is 4.53. The molecule has 2 heteroatoms. The molecule has 5 aromatic carbocycles. The lowest BCUT2D eigenvalue weighted by atomic mass is 9.73. The quantitative estimate of drug-likeness (QED) is 0.219. The molecule has 1 nitrogen and oxygen atoms in total. The van der Waals surface area contributed by atoms with E-state index in [0.29, 0.717) is 0 Å². The maximum absolute atomic E-state index is 4.53. The van der Waals surface area contributed by atoms with Gasteiger partial charge in [-0.25, -0.2) is 0 Å². The highest BCUT2D eigenvalue weighted by molar-refractivity contribution is 7.20. The first-order valence-corrected chi connectivity index (χ1v) is 14.5. The molecular weight excluding hydrogens is 502 g/mol. The molecule has 0 fully saturated rings. The van der Waals surface area contributed by atoms with Crippen LogP contribution in [0.25, 0.3) is 54.7 Å². The summed E-state index contributed by atoms with van der Waals surface area (Å²) in [5.74, 6) is 0. The van der Waals surface area contributed by atoms with Crippen molar-refractivity contribution in [1.82, 2.24) is 4.98 Å². The normalized spacial score (nSPS) is 13.7. The lowest BCUT2D eigenvalue weighted by Gasteiger charge is -2.29. The average molecular weight is 526 g/mol. The van der Waals surface area contributed by atoms with Crippen LogP contribution in [0.15, 0.2) is 140 Å². The summed E-state index contributed by atoms with van der Waals surface area (Å²) in [6.07, 6.45) is 1.85. The van der Waals surface area contributed by atoms with E-state index in [1.165, 1.54) is 65.0 Å². The summed E-state index contributed by atoms with van der Waals surface area (Å²) < 4.78 is 1.36. The Morgan fingerprint density at radius 3 is 1.90 bits per heavy atom. The molecule has 0 atom stereocenters. The smallest absolute Gasteiger partial charge is 0.0819 e. The van der Waals surface area contributed by atoms with E-state index < -0.39 is 0 Å². The van der Waals surface area contributed by atoms with E-state index in [1.54, 1.807) is 0 Å². The van der Waals surface area contributed by atoms with Gasteiger partial charge in [0.05, 0.1) is 11.1 Å². The van der Waals surface area contributed by atoms with Crippen molar-refractivity contribution in [1.29, 1.82) is 0 Å². The molecule has 9 rings (SSSR count). The molecule has 0 amide bonds. The van der Waals surface area contributed by atoms with Gasteiger partial charge in [-0.2, -0.15) is 0 Å². The van der Waals surface area contributed by atoms with Crippen LogP contribution in [0.5, 0.6) is 0 Å². The zero-order valence-corrected chi connectivity index (χ0v) is 22.5. The molecule has 2 aromatic heterocycles. The third-order valence-corrected chi connectivity index (χ3v) is 10.1. The molecule has 0 saturated heterocycles. The van der Waals surface area contributed by atoms with Crippen molar-refractivity contribution in [3.8, 4) is 44.6 Å². The van der Waals surface area contributed by atoms with Crippen LogP contribution in [0.2, 0.25) is 0 Å². The lowest BCUT2D eigenvalue weighted by molar-refractivity contribution is 0.812. The second-order valence-corrected chi connectivity index (χ2v) is 11.7. The van der Waals surface area contributed by atoms with E-state index in [9.17, 15) is 0 Å². The molecule has 2 heterocycles. The summed E-state index contributed by atoms with van der Waals surface area (Å²) >= 11 is 1.96. The summed E-state index contributed by atoms with van der Waals surface area (Å²) in [5.41, 5.74) is 13.9. The van der Waals surface area contributed by atoms with Gasteiger partial charge in [0.2, 0.25) is 0 Å². The molecule has 0 unspecified atom stereocenters. The number of hydrogen-bond donors (Lipinski definition) is 0. The predicted molar refractivity (Wildman–Crippen MR) is 167 cm³/mol. The maximum Gasteiger partial charge on any atom is 0.0819 e. The fourth-order valence-corrected chi connectivity index (χ4v) is 8.54. The minimum Gasteiger partial charge on any atom is -0.256 e. The van der Waals surface area contributed by atoms with Gasteiger partial charge in [0.1, 0.15) is 0 Å². The minimum atomic E-state index is -0.314. The Bertz CT molecular complexity index is 2060. The lowest BCUT2D eigenvalue weighted by Crippen LogP contribution is -2.24. The standard InChI is InChI=1S/C38H23NS/c1-4-12-31-27(9-1)28-10-2-5-13-32(28)38(31)33-23-26(24-16-18-25(19-17-24)34-14-7-8-22-39-34)20-21-29(33)36-30-11-3-6-15-35(30)40-37(36)38/h1-23H. The van der Waals surface area contributed by atoms with Gasteiger partial charge >= 0.3 is 0 Å². The van der Waals surface area contributed by atoms with Gasteiger partial charge in [-0.05, 0) is 68.8 Å². The van der Waals surface area contributed by atoms with Gasteiger partial charge in [-0.3, -0.25) is 4.98 Å². The molecular formula is C38H23NS. The number of hydrogen-bond acceptors (Lipinski definition) is 2. The van der Waals surface area contributed by atoms with Crippen LogP contribution in [0.4, 0.5) is 0 Å². The van der Waals surface area contributed by atoms with Crippen LogP contribution in [-0.4, -0.2) is 4.98 Å². The Morgan fingerprint density at radius 2 is 1.15 bits per heavy atom. The molecule has 40 heavy (non-hydrogen) atoms. The average Bonchev–Trinajstić information content (AvgIpc) is 3.65. The number of thiophene rings is 1. The van der Waals surface area contributed by atoms with Gasteiger partial charge in [-0.15, -0.1) is 11.3 Å². The zero-order chi connectivity index (χ0) is 26.3. The molecule has 0 saturated carbocycles. The highest BCUT2D eigenvalue weighted by Crippen LogP contribution is 2.66. The van der Waals surface area contributed by atoms with Crippen LogP contribution in [-0.2, 0) is 5.41 Å². The summed E-state index contributed by atoms with van der Waals surface area (Å²) in [4.78, 5) is 5.98. The van der Waals surface area contributed by atoms with Gasteiger partial charge in [0, 0.05) is 32.3 Å². The number of fused-ring (bicyclic) bond motifs is 12. The van der Waals surface area contributed by atoms with Gasteiger partial charge in [0.25, 0.3) is 0 Å². The Labute approximate surface area is 237 Å². The molecule has 2 aliphatic carbocycles. The van der Waals surface area contributed by atoms with Crippen LogP contribution in [0.1, 0.15) is 21.6 Å². The molecule has 2 aliphatic rings. The molecule has 0 radical (unpaired) electrons. The number of aromatic nitrogens is 1. The highest BCUT2D eigenvalue weighted by atomic mass is 32.1. The second-order valence-electron chi connectivity index (χ2n) is 10.7. The topological polar surface area (TPSA) is 12.9 Å². The first-order valence-electron chi connectivity index (χ1n) is 13.7. The summed E-state index contributed by atoms with van der Waals surface area (Å²) in [6.45, 7) is 0. The Balaban J connectivity index is 1.32. The highest BCUT2D eigenvalue weighted by Gasteiger charge is 2.53. The summed E-state index contributed by atoms with van der Waals surface area (Å²) in [6, 6.07) is 49.0. The number of rotatable bonds is 2. The van der Waals surface area contributed by atoms with E-state index in [0.717, 1.165) is 11.3 Å². The van der Waals surface area contributed by atoms with E-state index in [1.807, 2.05) is 29.7 Å². The summed E-state index contributed by atoms with van der Waals surface area (Å²) in [5, 5.41) is 1.36. The Morgan fingerprint density at radius 1 is 0.500 bits per heavy atom. The van der Waals surface area contributed by atoms with Gasteiger partial charge in [-0.1, -0.05) is 109 Å². The van der Waals surface area contributed by atoms with Crippen LogP contribution < -0.4 is 0 Å².